The fraction of sp³-hybridized carbons (Fsp3) is 0.474. The quantitative estimate of drug-likeness (QED) is 0.320. The number of guanidine groups is 1. The first-order valence-corrected chi connectivity index (χ1v) is 10.6. The van der Waals surface area contributed by atoms with E-state index in [0.717, 1.165) is 47.2 Å². The first kappa shape index (κ1) is 22.4. The molecule has 1 fully saturated rings. The van der Waals surface area contributed by atoms with Crippen molar-refractivity contribution in [3.8, 4) is 0 Å². The highest BCUT2D eigenvalue weighted by Gasteiger charge is 2.24. The Morgan fingerprint density at radius 2 is 2.15 bits per heavy atom. The molecule has 8 heteroatoms. The van der Waals surface area contributed by atoms with Crippen LogP contribution in [0.4, 0.5) is 5.69 Å². The molecule has 0 aliphatic carbocycles. The molecule has 1 aromatic carbocycles. The highest BCUT2D eigenvalue weighted by atomic mass is 127. The standard InChI is InChI=1S/C19H26BrN5S.HI/c1-4-21-19(22-11-18-13(2)23-14(3)26-18)24-15-9-10-25(12-15)17-8-6-5-7-16(17)20;/h5-8,15H,4,9-12H2,1-3H3,(H2,21,22,24);1H. The normalized spacial score (nSPS) is 17.0. The van der Waals surface area contributed by atoms with E-state index in [1.54, 1.807) is 11.3 Å². The molecular formula is C19H27BrIN5S. The number of hydrogen-bond donors (Lipinski definition) is 2. The van der Waals surface area contributed by atoms with Crippen LogP contribution >= 0.6 is 51.2 Å². The van der Waals surface area contributed by atoms with E-state index in [9.17, 15) is 0 Å². The predicted octanol–water partition coefficient (Wildman–Crippen LogP) is 4.47. The minimum Gasteiger partial charge on any atom is -0.368 e. The number of rotatable bonds is 5. The zero-order chi connectivity index (χ0) is 18.5. The third-order valence-corrected chi connectivity index (χ3v) is 6.18. The topological polar surface area (TPSA) is 52.6 Å². The Morgan fingerprint density at radius 3 is 2.81 bits per heavy atom. The number of thiazole rings is 1. The van der Waals surface area contributed by atoms with Crippen LogP contribution in [0, 0.1) is 13.8 Å². The van der Waals surface area contributed by atoms with Crippen molar-refractivity contribution >= 4 is 62.9 Å². The summed E-state index contributed by atoms with van der Waals surface area (Å²) in [7, 11) is 0. The van der Waals surface area contributed by atoms with E-state index >= 15 is 0 Å². The summed E-state index contributed by atoms with van der Waals surface area (Å²) in [5.74, 6) is 0.886. The fourth-order valence-corrected chi connectivity index (χ4v) is 4.59. The second-order valence-electron chi connectivity index (χ2n) is 6.46. The summed E-state index contributed by atoms with van der Waals surface area (Å²) in [6.07, 6.45) is 1.10. The molecular weight excluding hydrogens is 537 g/mol. The van der Waals surface area contributed by atoms with Crippen LogP contribution in [0.25, 0.3) is 0 Å². The monoisotopic (exact) mass is 563 g/mol. The van der Waals surface area contributed by atoms with Crippen LogP contribution in [0.2, 0.25) is 0 Å². The second-order valence-corrected chi connectivity index (χ2v) is 8.61. The van der Waals surface area contributed by atoms with Gasteiger partial charge in [0.25, 0.3) is 0 Å². The van der Waals surface area contributed by atoms with Gasteiger partial charge in [-0.05, 0) is 55.3 Å². The average Bonchev–Trinajstić information content (AvgIpc) is 3.19. The average molecular weight is 564 g/mol. The highest BCUT2D eigenvalue weighted by Crippen LogP contribution is 2.28. The number of nitrogens with one attached hydrogen (secondary N) is 2. The number of anilines is 1. The summed E-state index contributed by atoms with van der Waals surface area (Å²) in [4.78, 5) is 12.9. The lowest BCUT2D eigenvalue weighted by Crippen LogP contribution is -2.44. The van der Waals surface area contributed by atoms with E-state index < -0.39 is 0 Å². The molecule has 1 aromatic heterocycles. The van der Waals surface area contributed by atoms with Gasteiger partial charge < -0.3 is 15.5 Å². The SMILES string of the molecule is CCNC(=NCc1sc(C)nc1C)NC1CCN(c2ccccc2Br)C1.I. The summed E-state index contributed by atoms with van der Waals surface area (Å²) in [6, 6.07) is 8.80. The first-order valence-electron chi connectivity index (χ1n) is 9.04. The molecule has 3 rings (SSSR count). The summed E-state index contributed by atoms with van der Waals surface area (Å²) in [5, 5.41) is 8.07. The van der Waals surface area contributed by atoms with Gasteiger partial charge >= 0.3 is 0 Å². The predicted molar refractivity (Wildman–Crippen MR) is 130 cm³/mol. The Balaban J connectivity index is 0.00000261. The molecule has 148 valence electrons. The number of para-hydroxylation sites is 1. The number of hydrogen-bond acceptors (Lipinski definition) is 4. The van der Waals surface area contributed by atoms with Crippen LogP contribution in [0.15, 0.2) is 33.7 Å². The van der Waals surface area contributed by atoms with Crippen LogP contribution in [-0.4, -0.2) is 36.6 Å². The minimum absolute atomic E-state index is 0. The van der Waals surface area contributed by atoms with Crippen LogP contribution in [-0.2, 0) is 6.54 Å². The number of nitrogens with zero attached hydrogens (tertiary/aromatic N) is 3. The summed E-state index contributed by atoms with van der Waals surface area (Å²) >= 11 is 5.39. The molecule has 1 aliphatic rings. The van der Waals surface area contributed by atoms with Crippen molar-refractivity contribution in [1.82, 2.24) is 15.6 Å². The van der Waals surface area contributed by atoms with Gasteiger partial charge in [0.05, 0.1) is 22.9 Å². The maximum absolute atomic E-state index is 4.77. The molecule has 27 heavy (non-hydrogen) atoms. The van der Waals surface area contributed by atoms with Crippen molar-refractivity contribution in [3.05, 3.63) is 44.3 Å². The second kappa shape index (κ2) is 10.6. The van der Waals surface area contributed by atoms with Crippen molar-refractivity contribution < 1.29 is 0 Å². The van der Waals surface area contributed by atoms with E-state index in [-0.39, 0.29) is 24.0 Å². The molecule has 0 radical (unpaired) electrons. The van der Waals surface area contributed by atoms with Crippen LogP contribution in [0.3, 0.4) is 0 Å². The summed E-state index contributed by atoms with van der Waals surface area (Å²) in [6.45, 7) is 9.75. The number of benzene rings is 1. The molecule has 0 saturated carbocycles. The number of halogens is 2. The van der Waals surface area contributed by atoms with Crippen molar-refractivity contribution in [1.29, 1.82) is 0 Å². The van der Waals surface area contributed by atoms with Gasteiger partial charge in [0.1, 0.15) is 0 Å². The van der Waals surface area contributed by atoms with Crippen molar-refractivity contribution in [2.75, 3.05) is 24.5 Å². The van der Waals surface area contributed by atoms with Gasteiger partial charge in [-0.25, -0.2) is 9.98 Å². The van der Waals surface area contributed by atoms with Crippen LogP contribution in [0.1, 0.15) is 28.9 Å². The van der Waals surface area contributed by atoms with Crippen LogP contribution in [0.5, 0.6) is 0 Å². The third-order valence-electron chi connectivity index (χ3n) is 4.45. The largest absolute Gasteiger partial charge is 0.368 e. The Kier molecular flexibility index (Phi) is 8.81. The van der Waals surface area contributed by atoms with Crippen LogP contribution < -0.4 is 15.5 Å². The lowest BCUT2D eigenvalue weighted by atomic mass is 10.3. The van der Waals surface area contributed by atoms with Gasteiger partial charge in [-0.1, -0.05) is 12.1 Å². The van der Waals surface area contributed by atoms with E-state index in [0.29, 0.717) is 12.6 Å². The Bertz CT molecular complexity index is 779. The van der Waals surface area contributed by atoms with E-state index in [2.05, 4.69) is 74.6 Å². The Morgan fingerprint density at radius 1 is 1.37 bits per heavy atom. The molecule has 1 unspecified atom stereocenters. The van der Waals surface area contributed by atoms with Crippen molar-refractivity contribution in [2.24, 2.45) is 4.99 Å². The molecule has 1 atom stereocenters. The molecule has 1 aliphatic heterocycles. The zero-order valence-electron chi connectivity index (χ0n) is 16.0. The molecule has 2 N–H and O–H groups in total. The molecule has 2 aromatic rings. The van der Waals surface area contributed by atoms with Crippen molar-refractivity contribution in [3.63, 3.8) is 0 Å². The van der Waals surface area contributed by atoms with E-state index in [1.807, 2.05) is 6.92 Å². The maximum Gasteiger partial charge on any atom is 0.191 e. The van der Waals surface area contributed by atoms with Gasteiger partial charge in [0.2, 0.25) is 0 Å². The number of aromatic nitrogens is 1. The third kappa shape index (κ3) is 6.05. The van der Waals surface area contributed by atoms with Crippen molar-refractivity contribution in [2.45, 2.75) is 39.8 Å². The lowest BCUT2D eigenvalue weighted by Gasteiger charge is -2.21. The smallest absolute Gasteiger partial charge is 0.191 e. The van der Waals surface area contributed by atoms with Gasteiger partial charge in [-0.3, -0.25) is 0 Å². The maximum atomic E-state index is 4.77. The highest BCUT2D eigenvalue weighted by molar-refractivity contribution is 14.0. The molecule has 2 heterocycles. The van der Waals surface area contributed by atoms with Gasteiger partial charge in [0, 0.05) is 35.0 Å². The van der Waals surface area contributed by atoms with Gasteiger partial charge in [-0.2, -0.15) is 0 Å². The molecule has 1 saturated heterocycles. The lowest BCUT2D eigenvalue weighted by molar-refractivity contribution is 0.649. The Hall–Kier alpha value is -0.870. The molecule has 0 bridgehead atoms. The first-order chi connectivity index (χ1) is 12.6. The fourth-order valence-electron chi connectivity index (χ4n) is 3.19. The van der Waals surface area contributed by atoms with E-state index in [1.165, 1.54) is 10.6 Å². The number of aryl methyl sites for hydroxylation is 2. The Labute approximate surface area is 191 Å². The zero-order valence-corrected chi connectivity index (χ0v) is 20.7. The van der Waals surface area contributed by atoms with E-state index in [4.69, 9.17) is 4.99 Å². The minimum atomic E-state index is 0. The van der Waals surface area contributed by atoms with Gasteiger partial charge in [0.15, 0.2) is 5.96 Å². The molecule has 0 spiro atoms. The van der Waals surface area contributed by atoms with Gasteiger partial charge in [-0.15, -0.1) is 35.3 Å². The molecule has 0 amide bonds. The summed E-state index contributed by atoms with van der Waals surface area (Å²) in [5.41, 5.74) is 2.35. The number of aliphatic imine (C=N–C) groups is 1. The molecule has 5 nitrogen and oxygen atoms in total. The summed E-state index contributed by atoms with van der Waals surface area (Å²) < 4.78 is 1.15.